The van der Waals surface area contributed by atoms with E-state index < -0.39 is 0 Å². The average molecular weight is 341 g/mol. The van der Waals surface area contributed by atoms with Crippen LogP contribution in [0, 0.1) is 12.8 Å². The third-order valence-electron chi connectivity index (χ3n) is 4.88. The lowest BCUT2D eigenvalue weighted by molar-refractivity contribution is -0.122. The molecule has 0 atom stereocenters. The molecule has 1 aliphatic carbocycles. The molecule has 2 aliphatic rings. The maximum absolute atomic E-state index is 11.9. The summed E-state index contributed by atoms with van der Waals surface area (Å²) in [5.41, 5.74) is 3.89. The molecule has 4 rings (SSSR count). The largest absolute Gasteiger partial charge is 0.352 e. The first-order valence-corrected chi connectivity index (χ1v) is 9.50. The second-order valence-corrected chi connectivity index (χ2v) is 8.27. The molecule has 0 saturated heterocycles. The number of carbonyl (C=O) groups excluding carboxylic acids is 1. The molecule has 4 nitrogen and oxygen atoms in total. The van der Waals surface area contributed by atoms with Crippen LogP contribution in [0.5, 0.6) is 0 Å². The Morgan fingerprint density at radius 3 is 3.00 bits per heavy atom. The molecule has 2 aromatic heterocycles. The van der Waals surface area contributed by atoms with Crippen molar-refractivity contribution in [3.63, 3.8) is 0 Å². The van der Waals surface area contributed by atoms with Gasteiger partial charge in [0.2, 0.25) is 5.91 Å². The fourth-order valence-corrected chi connectivity index (χ4v) is 4.31. The van der Waals surface area contributed by atoms with Crippen molar-refractivity contribution in [2.75, 3.05) is 6.54 Å². The van der Waals surface area contributed by atoms with Gasteiger partial charge in [-0.2, -0.15) is 0 Å². The first-order chi connectivity index (χ1) is 11.7. The first-order valence-electron chi connectivity index (χ1n) is 8.69. The molecule has 126 valence electrons. The summed E-state index contributed by atoms with van der Waals surface area (Å²) in [6.07, 6.45) is 7.05. The van der Waals surface area contributed by atoms with Crippen LogP contribution in [0.1, 0.15) is 39.3 Å². The van der Waals surface area contributed by atoms with Crippen LogP contribution in [0.2, 0.25) is 0 Å². The van der Waals surface area contributed by atoms with Crippen LogP contribution in [-0.4, -0.2) is 22.3 Å². The highest BCUT2D eigenvalue weighted by Gasteiger charge is 2.29. The van der Waals surface area contributed by atoms with Gasteiger partial charge in [0.15, 0.2) is 0 Å². The van der Waals surface area contributed by atoms with Crippen molar-refractivity contribution >= 4 is 17.2 Å². The number of aryl methyl sites for hydroxylation is 1. The highest BCUT2D eigenvalue weighted by atomic mass is 32.1. The van der Waals surface area contributed by atoms with E-state index in [4.69, 9.17) is 0 Å². The second kappa shape index (κ2) is 6.65. The maximum Gasteiger partial charge on any atom is 0.223 e. The highest BCUT2D eigenvalue weighted by molar-refractivity contribution is 7.11. The molecule has 0 spiro atoms. The smallest absolute Gasteiger partial charge is 0.223 e. The molecule has 1 N–H and O–H groups in total. The standard InChI is InChI=1S/C19H23N3OS/c1-13-2-5-17(24-13)12-22-7-6-18-15(8-20-9-16(18)11-22)10-21-19(23)14-3-4-14/h2,5,8-9,14H,3-4,6-7,10-12H2,1H3,(H,21,23). The predicted molar refractivity (Wildman–Crippen MR) is 95.7 cm³/mol. The van der Waals surface area contributed by atoms with Crippen molar-refractivity contribution in [1.82, 2.24) is 15.2 Å². The quantitative estimate of drug-likeness (QED) is 0.909. The van der Waals surface area contributed by atoms with Gasteiger partial charge in [0.05, 0.1) is 0 Å². The molecule has 0 aromatic carbocycles. The summed E-state index contributed by atoms with van der Waals surface area (Å²) in [5, 5.41) is 3.07. The Morgan fingerprint density at radius 1 is 1.38 bits per heavy atom. The van der Waals surface area contributed by atoms with Crippen molar-refractivity contribution < 1.29 is 4.79 Å². The molecule has 0 unspecified atom stereocenters. The molecule has 1 aliphatic heterocycles. The second-order valence-electron chi connectivity index (χ2n) is 6.90. The lowest BCUT2D eigenvalue weighted by atomic mass is 9.97. The third kappa shape index (κ3) is 3.52. The lowest BCUT2D eigenvalue weighted by Crippen LogP contribution is -2.32. The van der Waals surface area contributed by atoms with E-state index in [0.29, 0.717) is 6.54 Å². The van der Waals surface area contributed by atoms with E-state index in [1.54, 1.807) is 0 Å². The summed E-state index contributed by atoms with van der Waals surface area (Å²) in [4.78, 5) is 21.6. The number of thiophene rings is 1. The minimum Gasteiger partial charge on any atom is -0.352 e. The van der Waals surface area contributed by atoms with Gasteiger partial charge in [-0.25, -0.2) is 0 Å². The third-order valence-corrected chi connectivity index (χ3v) is 5.87. The molecule has 2 aromatic rings. The summed E-state index contributed by atoms with van der Waals surface area (Å²) in [6.45, 7) is 5.81. The first kappa shape index (κ1) is 15.8. The zero-order valence-electron chi connectivity index (χ0n) is 14.0. The fraction of sp³-hybridized carbons (Fsp3) is 0.474. The molecular formula is C19H23N3OS. The van der Waals surface area contributed by atoms with Crippen molar-refractivity contribution in [1.29, 1.82) is 0 Å². The number of aromatic nitrogens is 1. The van der Waals surface area contributed by atoms with Crippen LogP contribution in [0.4, 0.5) is 0 Å². The topological polar surface area (TPSA) is 45.2 Å². The molecule has 1 fully saturated rings. The van der Waals surface area contributed by atoms with Gasteiger partial charge in [-0.15, -0.1) is 11.3 Å². The molecule has 24 heavy (non-hydrogen) atoms. The fourth-order valence-electron chi connectivity index (χ4n) is 3.38. The van der Waals surface area contributed by atoms with Gasteiger partial charge >= 0.3 is 0 Å². The van der Waals surface area contributed by atoms with Crippen molar-refractivity contribution in [2.45, 2.75) is 45.8 Å². The van der Waals surface area contributed by atoms with Crippen LogP contribution in [-0.2, 0) is 30.8 Å². The zero-order chi connectivity index (χ0) is 16.5. The van der Waals surface area contributed by atoms with E-state index >= 15 is 0 Å². The SMILES string of the molecule is Cc1ccc(CN2CCc3c(CNC(=O)C4CC4)cncc3C2)s1. The van der Waals surface area contributed by atoms with Crippen LogP contribution >= 0.6 is 11.3 Å². The Balaban J connectivity index is 1.42. The van der Waals surface area contributed by atoms with Gasteiger partial charge in [-0.3, -0.25) is 14.7 Å². The number of carbonyl (C=O) groups is 1. The Morgan fingerprint density at radius 2 is 2.25 bits per heavy atom. The number of amides is 1. The Hall–Kier alpha value is -1.72. The zero-order valence-corrected chi connectivity index (χ0v) is 14.9. The van der Waals surface area contributed by atoms with Crippen molar-refractivity contribution in [3.05, 3.63) is 51.0 Å². The monoisotopic (exact) mass is 341 g/mol. The summed E-state index contributed by atoms with van der Waals surface area (Å²) in [6, 6.07) is 4.43. The summed E-state index contributed by atoms with van der Waals surface area (Å²) < 4.78 is 0. The predicted octanol–water partition coefficient (Wildman–Crippen LogP) is 3.04. The van der Waals surface area contributed by atoms with E-state index in [1.165, 1.54) is 26.4 Å². The van der Waals surface area contributed by atoms with E-state index in [1.807, 2.05) is 23.7 Å². The van der Waals surface area contributed by atoms with Gasteiger partial charge in [-0.05, 0) is 55.0 Å². The number of hydrogen-bond donors (Lipinski definition) is 1. The van der Waals surface area contributed by atoms with E-state index in [2.05, 4.69) is 34.3 Å². The Labute approximate surface area is 146 Å². The molecular weight excluding hydrogens is 318 g/mol. The molecule has 1 saturated carbocycles. The molecule has 0 radical (unpaired) electrons. The van der Waals surface area contributed by atoms with Gasteiger partial charge in [0.1, 0.15) is 0 Å². The normalized spacial score (nSPS) is 17.5. The van der Waals surface area contributed by atoms with Crippen LogP contribution < -0.4 is 5.32 Å². The average Bonchev–Trinajstić information content (AvgIpc) is 3.36. The Kier molecular flexibility index (Phi) is 4.37. The molecule has 0 bridgehead atoms. The number of rotatable bonds is 5. The molecule has 1 amide bonds. The minimum absolute atomic E-state index is 0.207. The van der Waals surface area contributed by atoms with Crippen molar-refractivity contribution in [3.8, 4) is 0 Å². The maximum atomic E-state index is 11.9. The van der Waals surface area contributed by atoms with E-state index in [0.717, 1.165) is 38.9 Å². The van der Waals surface area contributed by atoms with Crippen molar-refractivity contribution in [2.24, 2.45) is 5.92 Å². The number of nitrogens with one attached hydrogen (secondary N) is 1. The molecule has 3 heterocycles. The summed E-state index contributed by atoms with van der Waals surface area (Å²) >= 11 is 1.88. The number of pyridine rings is 1. The summed E-state index contributed by atoms with van der Waals surface area (Å²) in [7, 11) is 0. The number of fused-ring (bicyclic) bond motifs is 1. The minimum atomic E-state index is 0.207. The van der Waals surface area contributed by atoms with Gasteiger partial charge in [0.25, 0.3) is 0 Å². The van der Waals surface area contributed by atoms with Gasteiger partial charge in [0, 0.05) is 54.2 Å². The lowest BCUT2D eigenvalue weighted by Gasteiger charge is -2.29. The van der Waals surface area contributed by atoms with Crippen LogP contribution in [0.25, 0.3) is 0 Å². The highest BCUT2D eigenvalue weighted by Crippen LogP contribution is 2.29. The molecule has 5 heteroatoms. The Bertz CT molecular complexity index is 751. The van der Waals surface area contributed by atoms with E-state index in [9.17, 15) is 4.79 Å². The van der Waals surface area contributed by atoms with Crippen LogP contribution in [0.3, 0.4) is 0 Å². The van der Waals surface area contributed by atoms with Gasteiger partial charge < -0.3 is 5.32 Å². The van der Waals surface area contributed by atoms with Gasteiger partial charge in [-0.1, -0.05) is 0 Å². The van der Waals surface area contributed by atoms with E-state index in [-0.39, 0.29) is 11.8 Å². The number of hydrogen-bond acceptors (Lipinski definition) is 4. The van der Waals surface area contributed by atoms with Crippen LogP contribution in [0.15, 0.2) is 24.5 Å². The summed E-state index contributed by atoms with van der Waals surface area (Å²) in [5.74, 6) is 0.473. The number of nitrogens with zero attached hydrogens (tertiary/aromatic N) is 2.